The zero-order chi connectivity index (χ0) is 23.4. The van der Waals surface area contributed by atoms with Crippen LogP contribution in [0.25, 0.3) is 11.8 Å². The summed E-state index contributed by atoms with van der Waals surface area (Å²) in [6.07, 6.45) is 9.38. The molecule has 0 aliphatic heterocycles. The highest BCUT2D eigenvalue weighted by Gasteiger charge is 2.60. The summed E-state index contributed by atoms with van der Waals surface area (Å²) in [5.41, 5.74) is 3.63. The fourth-order valence-corrected chi connectivity index (χ4v) is 6.21. The molecule has 1 fully saturated rings. The molecule has 2 aromatic rings. The predicted molar refractivity (Wildman–Crippen MR) is 120 cm³/mol. The number of hydrogen-bond donors (Lipinski definition) is 0. The molecule has 33 heavy (non-hydrogen) atoms. The summed E-state index contributed by atoms with van der Waals surface area (Å²) >= 11 is 0. The van der Waals surface area contributed by atoms with Gasteiger partial charge in [0.15, 0.2) is 5.41 Å². The minimum Gasteiger partial charge on any atom is -0.468 e. The van der Waals surface area contributed by atoms with Crippen molar-refractivity contribution in [2.45, 2.75) is 39.0 Å². The number of rotatable bonds is 3. The third kappa shape index (κ3) is 3.01. The topological polar surface area (TPSA) is 70.4 Å². The van der Waals surface area contributed by atoms with Crippen LogP contribution in [0.4, 0.5) is 4.39 Å². The van der Waals surface area contributed by atoms with E-state index in [9.17, 15) is 14.0 Å². The van der Waals surface area contributed by atoms with Gasteiger partial charge >= 0.3 is 11.9 Å². The quantitative estimate of drug-likeness (QED) is 0.393. The molecule has 0 amide bonds. The molecule has 2 atom stereocenters. The van der Waals surface area contributed by atoms with Crippen LogP contribution in [0, 0.1) is 22.6 Å². The maximum atomic E-state index is 13.4. The molecule has 7 heteroatoms. The minimum absolute atomic E-state index is 0.262. The molecule has 1 aromatic heterocycles. The maximum absolute atomic E-state index is 13.4. The Hall–Kier alpha value is -3.22. The van der Waals surface area contributed by atoms with Gasteiger partial charge in [-0.05, 0) is 68.0 Å². The van der Waals surface area contributed by atoms with Gasteiger partial charge in [-0.25, -0.2) is 9.07 Å². The molecule has 1 saturated carbocycles. The summed E-state index contributed by atoms with van der Waals surface area (Å²) in [7, 11) is 2.66. The van der Waals surface area contributed by atoms with Crippen molar-refractivity contribution < 1.29 is 23.5 Å². The number of aromatic nitrogens is 2. The predicted octanol–water partition coefficient (Wildman–Crippen LogP) is 4.42. The maximum Gasteiger partial charge on any atom is 0.323 e. The first-order valence-electron chi connectivity index (χ1n) is 11.3. The van der Waals surface area contributed by atoms with Gasteiger partial charge in [-0.15, -0.1) is 0 Å². The van der Waals surface area contributed by atoms with Gasteiger partial charge in [-0.2, -0.15) is 5.10 Å². The first-order valence-corrected chi connectivity index (χ1v) is 11.3. The van der Waals surface area contributed by atoms with Crippen molar-refractivity contribution in [2.24, 2.45) is 16.7 Å². The second-order valence-electron chi connectivity index (χ2n) is 9.37. The van der Waals surface area contributed by atoms with Gasteiger partial charge in [0.05, 0.1) is 31.8 Å². The minimum atomic E-state index is -1.30. The summed E-state index contributed by atoms with van der Waals surface area (Å²) in [6, 6.07) is 6.30. The smallest absolute Gasteiger partial charge is 0.323 e. The van der Waals surface area contributed by atoms with Crippen molar-refractivity contribution >= 4 is 18.0 Å². The normalized spacial score (nSPS) is 25.0. The number of carbonyl (C=O) groups is 2. The van der Waals surface area contributed by atoms with Crippen molar-refractivity contribution in [2.75, 3.05) is 14.2 Å². The average Bonchev–Trinajstić information content (AvgIpc) is 3.23. The lowest BCUT2D eigenvalue weighted by atomic mass is 9.51. The molecule has 0 saturated heterocycles. The third-order valence-electron chi connectivity index (χ3n) is 7.83. The lowest BCUT2D eigenvalue weighted by Crippen LogP contribution is -2.53. The number of carbonyl (C=O) groups excluding carboxylic acids is 2. The summed E-state index contributed by atoms with van der Waals surface area (Å²) < 4.78 is 25.5. The van der Waals surface area contributed by atoms with E-state index >= 15 is 0 Å². The summed E-state index contributed by atoms with van der Waals surface area (Å²) in [5.74, 6) is -1.57. The van der Waals surface area contributed by atoms with E-state index in [1.165, 1.54) is 31.9 Å². The van der Waals surface area contributed by atoms with Crippen LogP contribution in [0.5, 0.6) is 0 Å². The number of benzene rings is 1. The Bertz CT molecular complexity index is 1180. The molecule has 0 radical (unpaired) electrons. The molecule has 2 unspecified atom stereocenters. The average molecular weight is 451 g/mol. The molecule has 1 aromatic carbocycles. The molecule has 0 N–H and O–H groups in total. The molecule has 3 aliphatic rings. The van der Waals surface area contributed by atoms with Gasteiger partial charge in [0.1, 0.15) is 5.82 Å². The highest BCUT2D eigenvalue weighted by atomic mass is 19.1. The van der Waals surface area contributed by atoms with Crippen LogP contribution in [0.15, 0.2) is 47.7 Å². The number of ether oxygens (including phenoxy) is 2. The summed E-state index contributed by atoms with van der Waals surface area (Å²) in [5, 5.41) is 4.58. The zero-order valence-corrected chi connectivity index (χ0v) is 19.1. The van der Waals surface area contributed by atoms with E-state index in [-0.39, 0.29) is 17.2 Å². The van der Waals surface area contributed by atoms with Crippen LogP contribution >= 0.6 is 0 Å². The van der Waals surface area contributed by atoms with Crippen molar-refractivity contribution in [3.63, 3.8) is 0 Å². The molecular weight excluding hydrogens is 423 g/mol. The van der Waals surface area contributed by atoms with E-state index in [1.807, 2.05) is 10.9 Å². The standard InChI is InChI=1S/C26H27FN2O4/c1-25-14-16-15-28-29(19-9-7-18(27)8-10-19)22(16)13-17(25)6-11-21-20(25)5-4-12-26(21,23(30)32-2)24(31)33-3/h5,7-10,13,15,21H,4,6,11-12,14H2,1-3H3. The second kappa shape index (κ2) is 7.68. The Kier molecular flexibility index (Phi) is 5.03. The number of hydrogen-bond acceptors (Lipinski definition) is 5. The van der Waals surface area contributed by atoms with Crippen LogP contribution in [0.2, 0.25) is 0 Å². The van der Waals surface area contributed by atoms with Crippen molar-refractivity contribution in [3.05, 3.63) is 64.8 Å². The fourth-order valence-electron chi connectivity index (χ4n) is 6.21. The van der Waals surface area contributed by atoms with E-state index in [1.54, 1.807) is 12.1 Å². The van der Waals surface area contributed by atoms with Crippen LogP contribution in [-0.4, -0.2) is 35.9 Å². The largest absolute Gasteiger partial charge is 0.468 e. The second-order valence-corrected chi connectivity index (χ2v) is 9.37. The van der Waals surface area contributed by atoms with Crippen LogP contribution in [0.1, 0.15) is 43.9 Å². The van der Waals surface area contributed by atoms with Gasteiger partial charge in [0, 0.05) is 11.3 Å². The van der Waals surface area contributed by atoms with Gasteiger partial charge in [-0.1, -0.05) is 24.1 Å². The number of halogens is 1. The molecule has 172 valence electrons. The van der Waals surface area contributed by atoms with Crippen molar-refractivity contribution in [1.82, 2.24) is 9.78 Å². The van der Waals surface area contributed by atoms with E-state index in [0.717, 1.165) is 35.4 Å². The van der Waals surface area contributed by atoms with Gasteiger partial charge in [0.25, 0.3) is 0 Å². The molecular formula is C26H27FN2O4. The highest BCUT2D eigenvalue weighted by Crippen LogP contribution is 2.60. The Labute approximate surface area is 192 Å². The first-order chi connectivity index (χ1) is 15.8. The lowest BCUT2D eigenvalue weighted by Gasteiger charge is -2.51. The van der Waals surface area contributed by atoms with Crippen LogP contribution < -0.4 is 0 Å². The number of methoxy groups -OCH3 is 2. The van der Waals surface area contributed by atoms with Gasteiger partial charge < -0.3 is 9.47 Å². The Morgan fingerprint density at radius 1 is 1.15 bits per heavy atom. The Morgan fingerprint density at radius 2 is 1.85 bits per heavy atom. The lowest BCUT2D eigenvalue weighted by molar-refractivity contribution is -0.175. The van der Waals surface area contributed by atoms with Crippen LogP contribution in [-0.2, 0) is 25.5 Å². The third-order valence-corrected chi connectivity index (χ3v) is 7.83. The fraction of sp³-hybridized carbons (Fsp3) is 0.423. The molecule has 5 rings (SSSR count). The summed E-state index contributed by atoms with van der Waals surface area (Å²) in [6.45, 7) is 2.19. The zero-order valence-electron chi connectivity index (χ0n) is 19.1. The number of allylic oxidation sites excluding steroid dienone is 3. The molecule has 0 bridgehead atoms. The Morgan fingerprint density at radius 3 is 2.52 bits per heavy atom. The van der Waals surface area contributed by atoms with Gasteiger partial charge in [0.2, 0.25) is 0 Å². The van der Waals surface area contributed by atoms with Crippen molar-refractivity contribution in [1.29, 1.82) is 0 Å². The van der Waals surface area contributed by atoms with E-state index in [0.29, 0.717) is 19.3 Å². The molecule has 1 heterocycles. The first kappa shape index (κ1) is 21.6. The van der Waals surface area contributed by atoms with E-state index in [4.69, 9.17) is 9.47 Å². The number of fused-ring (bicyclic) bond motifs is 4. The van der Waals surface area contributed by atoms with Crippen molar-refractivity contribution in [3.8, 4) is 5.69 Å². The molecule has 0 spiro atoms. The van der Waals surface area contributed by atoms with E-state index in [2.05, 4.69) is 24.2 Å². The van der Waals surface area contributed by atoms with E-state index < -0.39 is 17.4 Å². The Balaban J connectivity index is 1.57. The summed E-state index contributed by atoms with van der Waals surface area (Å²) in [4.78, 5) is 26.0. The molecule has 6 nitrogen and oxygen atoms in total. The van der Waals surface area contributed by atoms with Gasteiger partial charge in [-0.3, -0.25) is 9.59 Å². The highest BCUT2D eigenvalue weighted by molar-refractivity contribution is 6.01. The SMILES string of the molecule is COC(=O)C1(C(=O)OC)CCC=C2C1CCC1=Cc3c(cnn3-c3ccc(F)cc3)CC12C. The molecule has 3 aliphatic carbocycles. The van der Waals surface area contributed by atoms with Crippen LogP contribution in [0.3, 0.4) is 0 Å². The number of esters is 2. The monoisotopic (exact) mass is 450 g/mol. The number of nitrogens with zero attached hydrogens (tertiary/aromatic N) is 2.